The van der Waals surface area contributed by atoms with Crippen LogP contribution in [-0.2, 0) is 0 Å². The van der Waals surface area contributed by atoms with Gasteiger partial charge >= 0.3 is 6.03 Å². The lowest BCUT2D eigenvalue weighted by atomic mass is 10.3. The van der Waals surface area contributed by atoms with Crippen LogP contribution in [-0.4, -0.2) is 24.1 Å². The third-order valence-corrected chi connectivity index (χ3v) is 2.29. The summed E-state index contributed by atoms with van der Waals surface area (Å²) in [5.41, 5.74) is 0.745. The van der Waals surface area contributed by atoms with Crippen molar-refractivity contribution in [3.8, 4) is 0 Å². The van der Waals surface area contributed by atoms with Crippen molar-refractivity contribution in [1.82, 2.24) is 10.3 Å². The SMILES string of the molecule is O=C1NCCCN1c1cncc(Cl)c1. The van der Waals surface area contributed by atoms with Crippen LogP contribution >= 0.6 is 11.6 Å². The van der Waals surface area contributed by atoms with E-state index in [4.69, 9.17) is 11.6 Å². The van der Waals surface area contributed by atoms with Gasteiger partial charge in [-0.1, -0.05) is 11.6 Å². The van der Waals surface area contributed by atoms with Gasteiger partial charge in [0.15, 0.2) is 0 Å². The van der Waals surface area contributed by atoms with Crippen molar-refractivity contribution in [2.45, 2.75) is 6.42 Å². The van der Waals surface area contributed by atoms with E-state index in [0.29, 0.717) is 11.6 Å². The summed E-state index contributed by atoms with van der Waals surface area (Å²) < 4.78 is 0. The van der Waals surface area contributed by atoms with Gasteiger partial charge < -0.3 is 5.32 Å². The third kappa shape index (κ3) is 1.80. The third-order valence-electron chi connectivity index (χ3n) is 2.08. The summed E-state index contributed by atoms with van der Waals surface area (Å²) in [6, 6.07) is 1.65. The summed E-state index contributed by atoms with van der Waals surface area (Å²) in [6.45, 7) is 1.46. The molecule has 2 amide bonds. The van der Waals surface area contributed by atoms with Crippen molar-refractivity contribution >= 4 is 23.3 Å². The van der Waals surface area contributed by atoms with E-state index in [2.05, 4.69) is 10.3 Å². The molecule has 1 fully saturated rings. The van der Waals surface area contributed by atoms with Gasteiger partial charge in [0.05, 0.1) is 16.9 Å². The molecule has 0 bridgehead atoms. The summed E-state index contributed by atoms with van der Waals surface area (Å²) in [7, 11) is 0. The maximum Gasteiger partial charge on any atom is 0.321 e. The van der Waals surface area contributed by atoms with E-state index in [9.17, 15) is 4.79 Å². The van der Waals surface area contributed by atoms with Gasteiger partial charge in [0.2, 0.25) is 0 Å². The van der Waals surface area contributed by atoms with Crippen LogP contribution in [0.25, 0.3) is 0 Å². The second-order valence-electron chi connectivity index (χ2n) is 3.10. The average molecular weight is 212 g/mol. The summed E-state index contributed by atoms with van der Waals surface area (Å²) in [5, 5.41) is 3.31. The Kier molecular flexibility index (Phi) is 2.54. The zero-order chi connectivity index (χ0) is 9.97. The van der Waals surface area contributed by atoms with Gasteiger partial charge in [-0.3, -0.25) is 9.88 Å². The predicted molar refractivity (Wildman–Crippen MR) is 54.6 cm³/mol. The van der Waals surface area contributed by atoms with E-state index in [1.807, 2.05) is 0 Å². The molecule has 0 radical (unpaired) electrons. The van der Waals surface area contributed by atoms with Crippen LogP contribution in [0.15, 0.2) is 18.5 Å². The van der Waals surface area contributed by atoms with Gasteiger partial charge in [-0.2, -0.15) is 0 Å². The van der Waals surface area contributed by atoms with Crippen molar-refractivity contribution in [1.29, 1.82) is 0 Å². The number of carbonyl (C=O) groups is 1. The zero-order valence-electron chi connectivity index (χ0n) is 7.53. The lowest BCUT2D eigenvalue weighted by Gasteiger charge is -2.27. The highest BCUT2D eigenvalue weighted by molar-refractivity contribution is 6.30. The minimum absolute atomic E-state index is 0.0830. The van der Waals surface area contributed by atoms with Gasteiger partial charge in [0.25, 0.3) is 0 Å². The molecule has 0 aliphatic carbocycles. The molecule has 1 aromatic heterocycles. The molecule has 0 spiro atoms. The van der Waals surface area contributed by atoms with Gasteiger partial charge in [-0.15, -0.1) is 0 Å². The van der Waals surface area contributed by atoms with Gasteiger partial charge in [0.1, 0.15) is 0 Å². The number of anilines is 1. The van der Waals surface area contributed by atoms with Crippen molar-refractivity contribution in [2.75, 3.05) is 18.0 Å². The standard InChI is InChI=1S/C9H10ClN3O/c10-7-4-8(6-11-5-7)13-3-1-2-12-9(13)14/h4-6H,1-3H2,(H,12,14). The lowest BCUT2D eigenvalue weighted by Crippen LogP contribution is -2.46. The Morgan fingerprint density at radius 3 is 3.07 bits per heavy atom. The number of nitrogens with one attached hydrogen (secondary N) is 1. The second-order valence-corrected chi connectivity index (χ2v) is 3.53. The Morgan fingerprint density at radius 2 is 2.36 bits per heavy atom. The molecule has 0 atom stereocenters. The molecule has 0 saturated carbocycles. The molecule has 14 heavy (non-hydrogen) atoms. The van der Waals surface area contributed by atoms with Crippen LogP contribution in [0, 0.1) is 0 Å². The predicted octanol–water partition coefficient (Wildman–Crippen LogP) is 1.65. The van der Waals surface area contributed by atoms with E-state index in [0.717, 1.165) is 18.7 Å². The number of halogens is 1. The molecule has 2 rings (SSSR count). The molecule has 1 aliphatic rings. The van der Waals surface area contributed by atoms with Crippen LogP contribution in [0.3, 0.4) is 0 Å². The minimum Gasteiger partial charge on any atom is -0.338 e. The maximum atomic E-state index is 11.4. The first-order chi connectivity index (χ1) is 6.77. The van der Waals surface area contributed by atoms with Crippen LogP contribution < -0.4 is 10.2 Å². The first-order valence-corrected chi connectivity index (χ1v) is 4.81. The summed E-state index contributed by atoms with van der Waals surface area (Å²) >= 11 is 5.79. The molecule has 1 saturated heterocycles. The summed E-state index contributed by atoms with van der Waals surface area (Å²) in [5.74, 6) is 0. The normalized spacial score (nSPS) is 16.6. The fraction of sp³-hybridized carbons (Fsp3) is 0.333. The molecule has 5 heteroatoms. The molecular weight excluding hydrogens is 202 g/mol. The van der Waals surface area contributed by atoms with E-state index < -0.39 is 0 Å². The Morgan fingerprint density at radius 1 is 1.50 bits per heavy atom. The topological polar surface area (TPSA) is 45.2 Å². The lowest BCUT2D eigenvalue weighted by molar-refractivity contribution is 0.243. The molecule has 74 valence electrons. The molecule has 2 heterocycles. The summed E-state index contributed by atoms with van der Waals surface area (Å²) in [4.78, 5) is 17.0. The Bertz CT molecular complexity index is 356. The van der Waals surface area contributed by atoms with Crippen molar-refractivity contribution < 1.29 is 4.79 Å². The van der Waals surface area contributed by atoms with E-state index >= 15 is 0 Å². The van der Waals surface area contributed by atoms with Gasteiger partial charge in [-0.25, -0.2) is 4.79 Å². The number of hydrogen-bond donors (Lipinski definition) is 1. The Balaban J connectivity index is 2.24. The van der Waals surface area contributed by atoms with E-state index in [1.165, 1.54) is 0 Å². The fourth-order valence-corrected chi connectivity index (χ4v) is 1.59. The molecule has 1 aliphatic heterocycles. The van der Waals surface area contributed by atoms with E-state index in [-0.39, 0.29) is 6.03 Å². The van der Waals surface area contributed by atoms with Crippen LogP contribution in [0.4, 0.5) is 10.5 Å². The molecule has 4 nitrogen and oxygen atoms in total. The number of urea groups is 1. The number of nitrogens with zero attached hydrogens (tertiary/aromatic N) is 2. The van der Waals surface area contributed by atoms with Crippen molar-refractivity contribution in [2.24, 2.45) is 0 Å². The van der Waals surface area contributed by atoms with Crippen molar-refractivity contribution in [3.05, 3.63) is 23.5 Å². The smallest absolute Gasteiger partial charge is 0.321 e. The summed E-state index contributed by atoms with van der Waals surface area (Å²) in [6.07, 6.45) is 4.13. The van der Waals surface area contributed by atoms with Crippen molar-refractivity contribution in [3.63, 3.8) is 0 Å². The minimum atomic E-state index is -0.0830. The van der Waals surface area contributed by atoms with Crippen LogP contribution in [0.1, 0.15) is 6.42 Å². The molecule has 0 aromatic carbocycles. The molecule has 1 N–H and O–H groups in total. The van der Waals surface area contributed by atoms with Gasteiger partial charge in [0, 0.05) is 19.3 Å². The highest BCUT2D eigenvalue weighted by Gasteiger charge is 2.19. The molecule has 1 aromatic rings. The Hall–Kier alpha value is -1.29. The Labute approximate surface area is 86.9 Å². The number of carbonyl (C=O) groups excluding carboxylic acids is 1. The highest BCUT2D eigenvalue weighted by Crippen LogP contribution is 2.19. The number of aromatic nitrogens is 1. The second kappa shape index (κ2) is 3.84. The quantitative estimate of drug-likeness (QED) is 0.768. The van der Waals surface area contributed by atoms with Crippen LogP contribution in [0.5, 0.6) is 0 Å². The van der Waals surface area contributed by atoms with Gasteiger partial charge in [-0.05, 0) is 12.5 Å². The highest BCUT2D eigenvalue weighted by atomic mass is 35.5. The molecular formula is C9H10ClN3O. The fourth-order valence-electron chi connectivity index (χ4n) is 1.42. The number of rotatable bonds is 1. The average Bonchev–Trinajstić information content (AvgIpc) is 2.18. The largest absolute Gasteiger partial charge is 0.338 e. The number of pyridine rings is 1. The number of amides is 2. The zero-order valence-corrected chi connectivity index (χ0v) is 8.29. The first-order valence-electron chi connectivity index (χ1n) is 4.43. The first kappa shape index (κ1) is 9.27. The van der Waals surface area contributed by atoms with E-state index in [1.54, 1.807) is 23.4 Å². The van der Waals surface area contributed by atoms with Crippen LogP contribution in [0.2, 0.25) is 5.02 Å². The number of hydrogen-bond acceptors (Lipinski definition) is 2. The monoisotopic (exact) mass is 211 g/mol. The maximum absolute atomic E-state index is 11.4. The molecule has 0 unspecified atom stereocenters.